The van der Waals surface area contributed by atoms with Crippen molar-refractivity contribution in [3.05, 3.63) is 39.9 Å². The largest absolute Gasteiger partial charge is 0.456 e. The second-order valence-electron chi connectivity index (χ2n) is 3.71. The second-order valence-corrected chi connectivity index (χ2v) is 3.71. The van der Waals surface area contributed by atoms with Gasteiger partial charge < -0.3 is 14.2 Å². The van der Waals surface area contributed by atoms with Crippen LogP contribution >= 0.6 is 0 Å². The van der Waals surface area contributed by atoms with Gasteiger partial charge in [0.05, 0.1) is 4.92 Å². The Kier molecular flexibility index (Phi) is 6.61. The number of esters is 1. The fraction of sp³-hybridized carbons (Fsp3) is 0.462. The predicted molar refractivity (Wildman–Crippen MR) is 70.4 cm³/mol. The van der Waals surface area contributed by atoms with Crippen LogP contribution in [0.4, 0.5) is 5.69 Å². The van der Waals surface area contributed by atoms with Gasteiger partial charge in [-0.2, -0.15) is 0 Å². The topological polar surface area (TPSA) is 87.9 Å². The summed E-state index contributed by atoms with van der Waals surface area (Å²) in [5.41, 5.74) is -0.383. The van der Waals surface area contributed by atoms with Crippen LogP contribution in [0, 0.1) is 10.1 Å². The van der Waals surface area contributed by atoms with Gasteiger partial charge in [0.1, 0.15) is 12.2 Å². The van der Waals surface area contributed by atoms with Gasteiger partial charge in [0.2, 0.25) is 0 Å². The van der Waals surface area contributed by atoms with Crippen molar-refractivity contribution in [1.29, 1.82) is 0 Å². The summed E-state index contributed by atoms with van der Waals surface area (Å²) in [7, 11) is 0. The summed E-state index contributed by atoms with van der Waals surface area (Å²) in [5, 5.41) is 10.8. The van der Waals surface area contributed by atoms with Crippen LogP contribution in [-0.4, -0.2) is 37.0 Å². The lowest BCUT2D eigenvalue weighted by Crippen LogP contribution is -2.25. The first-order chi connectivity index (χ1) is 9.60. The maximum Gasteiger partial charge on any atom is 0.345 e. The zero-order valence-electron chi connectivity index (χ0n) is 11.4. The third-order valence-electron chi connectivity index (χ3n) is 2.38. The molecule has 1 aromatic rings. The van der Waals surface area contributed by atoms with E-state index in [1.165, 1.54) is 24.3 Å². The molecule has 0 aliphatic heterocycles. The standard InChI is InChI=1S/C13H17NO6/c1-3-18-12(19-4-2)9-20-13(15)10-7-5-6-8-11(10)14(16)17/h5-8,12H,3-4,9H2,1-2H3. The molecular weight excluding hydrogens is 266 g/mol. The van der Waals surface area contributed by atoms with Crippen LogP contribution in [0.15, 0.2) is 24.3 Å². The highest BCUT2D eigenvalue weighted by atomic mass is 16.7. The van der Waals surface area contributed by atoms with Crippen LogP contribution in [0.2, 0.25) is 0 Å². The normalized spacial score (nSPS) is 10.6. The summed E-state index contributed by atoms with van der Waals surface area (Å²) < 4.78 is 15.4. The molecule has 0 aliphatic rings. The van der Waals surface area contributed by atoms with Gasteiger partial charge in [-0.1, -0.05) is 12.1 Å². The Morgan fingerprint density at radius 1 is 1.25 bits per heavy atom. The molecule has 7 heteroatoms. The fourth-order valence-corrected chi connectivity index (χ4v) is 1.54. The van der Waals surface area contributed by atoms with Crippen LogP contribution in [0.25, 0.3) is 0 Å². The monoisotopic (exact) mass is 283 g/mol. The van der Waals surface area contributed by atoms with Crippen molar-refractivity contribution in [3.63, 3.8) is 0 Å². The molecule has 0 bridgehead atoms. The molecular formula is C13H17NO6. The second kappa shape index (κ2) is 8.23. The first-order valence-corrected chi connectivity index (χ1v) is 6.23. The van der Waals surface area contributed by atoms with E-state index in [0.29, 0.717) is 13.2 Å². The summed E-state index contributed by atoms with van der Waals surface area (Å²) in [5.74, 6) is -0.776. The molecule has 0 N–H and O–H groups in total. The van der Waals surface area contributed by atoms with Gasteiger partial charge in [-0.05, 0) is 19.9 Å². The number of hydrogen-bond donors (Lipinski definition) is 0. The number of nitro benzene ring substituents is 1. The Labute approximate surface area is 116 Å². The van der Waals surface area contributed by atoms with Gasteiger partial charge in [-0.25, -0.2) is 4.79 Å². The fourth-order valence-electron chi connectivity index (χ4n) is 1.54. The quantitative estimate of drug-likeness (QED) is 0.314. The third kappa shape index (κ3) is 4.60. The number of carbonyl (C=O) groups excluding carboxylic acids is 1. The summed E-state index contributed by atoms with van der Waals surface area (Å²) in [6.07, 6.45) is -0.670. The van der Waals surface area contributed by atoms with E-state index in [-0.39, 0.29) is 17.9 Å². The molecule has 0 spiro atoms. The van der Waals surface area contributed by atoms with Crippen molar-refractivity contribution < 1.29 is 23.9 Å². The van der Waals surface area contributed by atoms with Crippen molar-refractivity contribution in [1.82, 2.24) is 0 Å². The van der Waals surface area contributed by atoms with Crippen LogP contribution in [0.1, 0.15) is 24.2 Å². The molecule has 0 fully saturated rings. The van der Waals surface area contributed by atoms with Crippen molar-refractivity contribution >= 4 is 11.7 Å². The first-order valence-electron chi connectivity index (χ1n) is 6.23. The van der Waals surface area contributed by atoms with Gasteiger partial charge >= 0.3 is 5.97 Å². The molecule has 0 unspecified atom stereocenters. The lowest BCUT2D eigenvalue weighted by molar-refractivity contribution is -0.385. The van der Waals surface area contributed by atoms with Crippen LogP contribution in [-0.2, 0) is 14.2 Å². The minimum absolute atomic E-state index is 0.0933. The van der Waals surface area contributed by atoms with E-state index in [0.717, 1.165) is 0 Å². The number of nitro groups is 1. The Morgan fingerprint density at radius 2 is 1.85 bits per heavy atom. The maximum absolute atomic E-state index is 11.8. The summed E-state index contributed by atoms with van der Waals surface area (Å²) in [4.78, 5) is 22.0. The zero-order valence-corrected chi connectivity index (χ0v) is 11.4. The van der Waals surface area contributed by atoms with Crippen molar-refractivity contribution in [2.75, 3.05) is 19.8 Å². The Balaban J connectivity index is 2.69. The lowest BCUT2D eigenvalue weighted by Gasteiger charge is -2.16. The molecule has 1 aromatic carbocycles. The van der Waals surface area contributed by atoms with Crippen LogP contribution in [0.3, 0.4) is 0 Å². The smallest absolute Gasteiger partial charge is 0.345 e. The van der Waals surface area contributed by atoms with Gasteiger partial charge in [0.25, 0.3) is 5.69 Å². The molecule has 0 radical (unpaired) electrons. The van der Waals surface area contributed by atoms with E-state index < -0.39 is 17.2 Å². The molecule has 0 saturated carbocycles. The molecule has 7 nitrogen and oxygen atoms in total. The number of hydrogen-bond acceptors (Lipinski definition) is 6. The average Bonchev–Trinajstić information content (AvgIpc) is 2.45. The molecule has 0 saturated heterocycles. The summed E-state index contributed by atoms with van der Waals surface area (Å²) in [6.45, 7) is 4.28. The van der Waals surface area contributed by atoms with Gasteiger partial charge in [0, 0.05) is 19.3 Å². The number of rotatable bonds is 8. The molecule has 0 atom stereocenters. The van der Waals surface area contributed by atoms with Crippen molar-refractivity contribution in [3.8, 4) is 0 Å². The molecule has 0 heterocycles. The number of para-hydroxylation sites is 1. The Hall–Kier alpha value is -1.99. The number of nitrogens with zero attached hydrogens (tertiary/aromatic N) is 1. The highest BCUT2D eigenvalue weighted by molar-refractivity contribution is 5.93. The lowest BCUT2D eigenvalue weighted by atomic mass is 10.2. The van der Waals surface area contributed by atoms with Crippen LogP contribution in [0.5, 0.6) is 0 Å². The van der Waals surface area contributed by atoms with Gasteiger partial charge in [-0.15, -0.1) is 0 Å². The van der Waals surface area contributed by atoms with Crippen molar-refractivity contribution in [2.45, 2.75) is 20.1 Å². The average molecular weight is 283 g/mol. The molecule has 0 aliphatic carbocycles. The van der Waals surface area contributed by atoms with E-state index in [9.17, 15) is 14.9 Å². The Morgan fingerprint density at radius 3 is 2.40 bits per heavy atom. The summed E-state index contributed by atoms with van der Waals surface area (Å²) >= 11 is 0. The SMILES string of the molecule is CCOC(COC(=O)c1ccccc1[N+](=O)[O-])OCC. The van der Waals surface area contributed by atoms with E-state index >= 15 is 0 Å². The number of benzene rings is 1. The predicted octanol–water partition coefficient (Wildman–Crippen LogP) is 2.15. The van der Waals surface area contributed by atoms with Crippen LogP contribution < -0.4 is 0 Å². The van der Waals surface area contributed by atoms with Gasteiger partial charge in [0.15, 0.2) is 6.29 Å². The minimum atomic E-state index is -0.776. The summed E-state index contributed by atoms with van der Waals surface area (Å²) in [6, 6.07) is 5.61. The first kappa shape index (κ1) is 16.1. The van der Waals surface area contributed by atoms with E-state index in [1.807, 2.05) is 0 Å². The van der Waals surface area contributed by atoms with E-state index in [4.69, 9.17) is 14.2 Å². The third-order valence-corrected chi connectivity index (χ3v) is 2.38. The number of ether oxygens (including phenoxy) is 3. The van der Waals surface area contributed by atoms with E-state index in [2.05, 4.69) is 0 Å². The number of carbonyl (C=O) groups is 1. The minimum Gasteiger partial charge on any atom is -0.456 e. The van der Waals surface area contributed by atoms with Gasteiger partial charge in [-0.3, -0.25) is 10.1 Å². The molecule has 0 amide bonds. The highest BCUT2D eigenvalue weighted by Gasteiger charge is 2.21. The zero-order chi connectivity index (χ0) is 15.0. The molecule has 20 heavy (non-hydrogen) atoms. The maximum atomic E-state index is 11.8. The molecule has 0 aromatic heterocycles. The highest BCUT2D eigenvalue weighted by Crippen LogP contribution is 2.18. The Bertz CT molecular complexity index is 456. The molecule has 110 valence electrons. The van der Waals surface area contributed by atoms with Crippen molar-refractivity contribution in [2.24, 2.45) is 0 Å². The van der Waals surface area contributed by atoms with E-state index in [1.54, 1.807) is 13.8 Å². The molecule has 1 rings (SSSR count).